The predicted molar refractivity (Wildman–Crippen MR) is 104 cm³/mol. The van der Waals surface area contributed by atoms with Crippen molar-refractivity contribution in [3.8, 4) is 0 Å². The van der Waals surface area contributed by atoms with E-state index in [2.05, 4.69) is 76.8 Å². The number of hydrogen-bond donors (Lipinski definition) is 0. The van der Waals surface area contributed by atoms with Crippen LogP contribution in [0.3, 0.4) is 0 Å². The van der Waals surface area contributed by atoms with Crippen molar-refractivity contribution in [1.29, 1.82) is 0 Å². The summed E-state index contributed by atoms with van der Waals surface area (Å²) in [4.78, 5) is 2.79. The highest BCUT2D eigenvalue weighted by Crippen LogP contribution is 2.33. The Morgan fingerprint density at radius 3 is 1.70 bits per heavy atom. The molecule has 0 saturated heterocycles. The van der Waals surface area contributed by atoms with Gasteiger partial charge in [0.25, 0.3) is 0 Å². The van der Waals surface area contributed by atoms with Crippen molar-refractivity contribution in [2.45, 2.75) is 97.6 Å². The minimum atomic E-state index is 0.266. The molecule has 0 spiro atoms. The van der Waals surface area contributed by atoms with Gasteiger partial charge in [0.1, 0.15) is 0 Å². The minimum Gasteiger partial charge on any atom is -0.293 e. The molecule has 1 aromatic rings. The Hall–Kier alpha value is -0.820. The van der Waals surface area contributed by atoms with Gasteiger partial charge < -0.3 is 0 Å². The molecule has 0 bridgehead atoms. The largest absolute Gasteiger partial charge is 0.293 e. The highest BCUT2D eigenvalue weighted by molar-refractivity contribution is 5.15. The summed E-state index contributed by atoms with van der Waals surface area (Å²) in [5.74, 6) is 0. The van der Waals surface area contributed by atoms with E-state index in [4.69, 9.17) is 0 Å². The zero-order valence-electron chi connectivity index (χ0n) is 16.5. The van der Waals surface area contributed by atoms with Crippen LogP contribution in [0.5, 0.6) is 0 Å². The summed E-state index contributed by atoms with van der Waals surface area (Å²) in [6.45, 7) is 15.5. The van der Waals surface area contributed by atoms with Gasteiger partial charge in [-0.3, -0.25) is 4.90 Å². The molecule has 1 nitrogen and oxygen atoms in total. The van der Waals surface area contributed by atoms with Gasteiger partial charge in [-0.15, -0.1) is 0 Å². The van der Waals surface area contributed by atoms with Crippen LogP contribution in [0.15, 0.2) is 30.3 Å². The highest BCUT2D eigenvalue weighted by Gasteiger charge is 2.36. The summed E-state index contributed by atoms with van der Waals surface area (Å²) < 4.78 is 0. The fourth-order valence-electron chi connectivity index (χ4n) is 3.80. The molecule has 0 radical (unpaired) electrons. The maximum atomic E-state index is 2.79. The standard InChI is InChI=1S/C22H39N/c1-7-9-17-21(3,4)23(22(5,6)18-10-8-2)19-16-20-14-12-11-13-15-20/h11-15H,7-10,16-19H2,1-6H3. The topological polar surface area (TPSA) is 3.24 Å². The monoisotopic (exact) mass is 317 g/mol. The van der Waals surface area contributed by atoms with Crippen LogP contribution in [0.2, 0.25) is 0 Å². The van der Waals surface area contributed by atoms with Gasteiger partial charge >= 0.3 is 0 Å². The molecule has 132 valence electrons. The normalized spacial score (nSPS) is 12.8. The van der Waals surface area contributed by atoms with Crippen LogP contribution < -0.4 is 0 Å². The van der Waals surface area contributed by atoms with Gasteiger partial charge in [0, 0.05) is 17.6 Å². The average molecular weight is 318 g/mol. The third-order valence-electron chi connectivity index (χ3n) is 5.21. The summed E-state index contributed by atoms with van der Waals surface area (Å²) in [7, 11) is 0. The van der Waals surface area contributed by atoms with E-state index in [1.165, 1.54) is 44.1 Å². The molecule has 0 aliphatic rings. The van der Waals surface area contributed by atoms with Gasteiger partial charge in [-0.05, 0) is 52.5 Å². The maximum Gasteiger partial charge on any atom is 0.0158 e. The Balaban J connectivity index is 2.86. The Bertz CT molecular complexity index is 399. The summed E-state index contributed by atoms with van der Waals surface area (Å²) in [5.41, 5.74) is 1.99. The van der Waals surface area contributed by atoms with Crippen molar-refractivity contribution in [3.63, 3.8) is 0 Å². The van der Waals surface area contributed by atoms with Crippen LogP contribution in [-0.4, -0.2) is 22.5 Å². The first-order valence-electron chi connectivity index (χ1n) is 9.65. The lowest BCUT2D eigenvalue weighted by Gasteiger charge is -2.49. The molecule has 0 aromatic heterocycles. The summed E-state index contributed by atoms with van der Waals surface area (Å²) in [5, 5.41) is 0. The zero-order chi connectivity index (χ0) is 17.3. The summed E-state index contributed by atoms with van der Waals surface area (Å²) >= 11 is 0. The number of hydrogen-bond acceptors (Lipinski definition) is 1. The Morgan fingerprint density at radius 2 is 1.26 bits per heavy atom. The van der Waals surface area contributed by atoms with E-state index in [9.17, 15) is 0 Å². The Labute approximate surface area is 145 Å². The minimum absolute atomic E-state index is 0.266. The van der Waals surface area contributed by atoms with Gasteiger partial charge in [-0.2, -0.15) is 0 Å². The third kappa shape index (κ3) is 6.67. The smallest absolute Gasteiger partial charge is 0.0158 e. The second-order valence-corrected chi connectivity index (χ2v) is 8.22. The third-order valence-corrected chi connectivity index (χ3v) is 5.21. The van der Waals surface area contributed by atoms with Gasteiger partial charge in [-0.1, -0.05) is 69.9 Å². The van der Waals surface area contributed by atoms with Crippen LogP contribution in [0.4, 0.5) is 0 Å². The number of unbranched alkanes of at least 4 members (excludes halogenated alkanes) is 2. The van der Waals surface area contributed by atoms with E-state index in [1.54, 1.807) is 0 Å². The molecule has 0 atom stereocenters. The molecule has 0 aliphatic carbocycles. The average Bonchev–Trinajstić information content (AvgIpc) is 2.52. The molecule has 0 amide bonds. The lowest BCUT2D eigenvalue weighted by molar-refractivity contribution is 0.00452. The molecule has 0 saturated carbocycles. The SMILES string of the molecule is CCCCC(C)(C)N(CCc1ccccc1)C(C)(C)CCCC. The number of benzene rings is 1. The van der Waals surface area contributed by atoms with E-state index < -0.39 is 0 Å². The molecule has 0 aliphatic heterocycles. The molecule has 0 fully saturated rings. The summed E-state index contributed by atoms with van der Waals surface area (Å²) in [6, 6.07) is 10.9. The van der Waals surface area contributed by atoms with Gasteiger partial charge in [-0.25, -0.2) is 0 Å². The first kappa shape index (κ1) is 20.2. The second-order valence-electron chi connectivity index (χ2n) is 8.22. The maximum absolute atomic E-state index is 2.79. The molecule has 1 aromatic carbocycles. The number of rotatable bonds is 11. The van der Waals surface area contributed by atoms with Crippen LogP contribution >= 0.6 is 0 Å². The van der Waals surface area contributed by atoms with Gasteiger partial charge in [0.15, 0.2) is 0 Å². The quantitative estimate of drug-likeness (QED) is 0.452. The molecule has 0 unspecified atom stereocenters. The molecular weight excluding hydrogens is 278 g/mol. The van der Waals surface area contributed by atoms with Crippen molar-refractivity contribution in [1.82, 2.24) is 4.90 Å². The van der Waals surface area contributed by atoms with E-state index in [1.807, 2.05) is 0 Å². The molecule has 0 heterocycles. The summed E-state index contributed by atoms with van der Waals surface area (Å²) in [6.07, 6.45) is 8.92. The molecule has 23 heavy (non-hydrogen) atoms. The molecule has 1 heteroatoms. The lowest BCUT2D eigenvalue weighted by Crippen LogP contribution is -2.56. The van der Waals surface area contributed by atoms with Crippen LogP contribution in [0, 0.1) is 0 Å². The first-order chi connectivity index (χ1) is 10.8. The molecular formula is C22H39N. The predicted octanol–water partition coefficient (Wildman–Crippen LogP) is 6.47. The van der Waals surface area contributed by atoms with E-state index >= 15 is 0 Å². The van der Waals surface area contributed by atoms with Crippen molar-refractivity contribution >= 4 is 0 Å². The van der Waals surface area contributed by atoms with E-state index in [-0.39, 0.29) is 11.1 Å². The Kier molecular flexibility index (Phi) is 8.33. The molecule has 1 rings (SSSR count). The fraction of sp³-hybridized carbons (Fsp3) is 0.727. The lowest BCUT2D eigenvalue weighted by atomic mass is 9.85. The van der Waals surface area contributed by atoms with Crippen molar-refractivity contribution in [2.75, 3.05) is 6.54 Å². The van der Waals surface area contributed by atoms with Crippen LogP contribution in [0.25, 0.3) is 0 Å². The van der Waals surface area contributed by atoms with Crippen molar-refractivity contribution < 1.29 is 0 Å². The van der Waals surface area contributed by atoms with Gasteiger partial charge in [0.05, 0.1) is 0 Å². The van der Waals surface area contributed by atoms with E-state index in [0.717, 1.165) is 13.0 Å². The Morgan fingerprint density at radius 1 is 0.783 bits per heavy atom. The molecule has 0 N–H and O–H groups in total. The fourth-order valence-corrected chi connectivity index (χ4v) is 3.80. The van der Waals surface area contributed by atoms with Crippen molar-refractivity contribution in [3.05, 3.63) is 35.9 Å². The van der Waals surface area contributed by atoms with Crippen LogP contribution in [0.1, 0.15) is 85.6 Å². The highest BCUT2D eigenvalue weighted by atomic mass is 15.2. The zero-order valence-corrected chi connectivity index (χ0v) is 16.5. The van der Waals surface area contributed by atoms with E-state index in [0.29, 0.717) is 0 Å². The number of nitrogens with zero attached hydrogens (tertiary/aromatic N) is 1. The van der Waals surface area contributed by atoms with Gasteiger partial charge in [0.2, 0.25) is 0 Å². The second kappa shape index (κ2) is 9.47. The first-order valence-corrected chi connectivity index (χ1v) is 9.65. The van der Waals surface area contributed by atoms with Crippen LogP contribution in [-0.2, 0) is 6.42 Å². The van der Waals surface area contributed by atoms with Crippen molar-refractivity contribution in [2.24, 2.45) is 0 Å².